The minimum atomic E-state index is -3.53. The summed E-state index contributed by atoms with van der Waals surface area (Å²) < 4.78 is 41.0. The predicted molar refractivity (Wildman–Crippen MR) is 111 cm³/mol. The van der Waals surface area contributed by atoms with Crippen molar-refractivity contribution in [3.8, 4) is 0 Å². The van der Waals surface area contributed by atoms with E-state index in [1.54, 1.807) is 25.7 Å². The Kier molecular flexibility index (Phi) is 5.45. The van der Waals surface area contributed by atoms with Crippen molar-refractivity contribution in [1.29, 1.82) is 0 Å². The van der Waals surface area contributed by atoms with Gasteiger partial charge in [-0.1, -0.05) is 35.7 Å². The van der Waals surface area contributed by atoms with Crippen LogP contribution in [0.2, 0.25) is 10.0 Å². The maximum Gasteiger partial charge on any atom is 0.410 e. The van der Waals surface area contributed by atoms with Crippen LogP contribution in [0.15, 0.2) is 22.6 Å². The first-order valence-electron chi connectivity index (χ1n) is 10.1. The standard InChI is InChI=1S/C21H23Cl2F2N3O3/c1-19(2,3)31-18(29)28-10-13(20(11-28)7-4-8-20)16-26-27-17(30-16)21(24,25)12-5-6-14(22)15(23)9-12/h5-6,9,13H,4,7-8,10-11H2,1-3H3. The maximum atomic E-state index is 15.0. The molecule has 0 radical (unpaired) electrons. The lowest BCUT2D eigenvalue weighted by molar-refractivity contribution is 0.0102. The van der Waals surface area contributed by atoms with E-state index in [-0.39, 0.29) is 33.8 Å². The van der Waals surface area contributed by atoms with Crippen LogP contribution in [0.5, 0.6) is 0 Å². The van der Waals surface area contributed by atoms with Gasteiger partial charge in [0.1, 0.15) is 5.60 Å². The van der Waals surface area contributed by atoms with Gasteiger partial charge in [0, 0.05) is 24.1 Å². The zero-order valence-electron chi connectivity index (χ0n) is 17.4. The lowest BCUT2D eigenvalue weighted by atomic mass is 9.63. The van der Waals surface area contributed by atoms with Crippen LogP contribution < -0.4 is 0 Å². The van der Waals surface area contributed by atoms with Crippen molar-refractivity contribution in [3.05, 3.63) is 45.6 Å². The fourth-order valence-electron chi connectivity index (χ4n) is 4.23. The van der Waals surface area contributed by atoms with E-state index >= 15 is 0 Å². The highest BCUT2D eigenvalue weighted by Gasteiger charge is 2.55. The summed E-state index contributed by atoms with van der Waals surface area (Å²) in [5.41, 5.74) is -1.27. The Hall–Kier alpha value is -1.93. The summed E-state index contributed by atoms with van der Waals surface area (Å²) in [7, 11) is 0. The van der Waals surface area contributed by atoms with Gasteiger partial charge in [0.15, 0.2) is 0 Å². The Labute approximate surface area is 188 Å². The van der Waals surface area contributed by atoms with E-state index in [1.807, 2.05) is 0 Å². The molecule has 2 aromatic rings. The number of nitrogens with zero attached hydrogens (tertiary/aromatic N) is 3. The molecule has 0 bridgehead atoms. The first-order chi connectivity index (χ1) is 14.4. The first kappa shape index (κ1) is 22.3. The van der Waals surface area contributed by atoms with E-state index in [2.05, 4.69) is 10.2 Å². The monoisotopic (exact) mass is 473 g/mol. The van der Waals surface area contributed by atoms with Crippen LogP contribution >= 0.6 is 23.2 Å². The fraction of sp³-hybridized carbons (Fsp3) is 0.571. The highest BCUT2D eigenvalue weighted by atomic mass is 35.5. The summed E-state index contributed by atoms with van der Waals surface area (Å²) in [6.45, 7) is 6.16. The Morgan fingerprint density at radius 3 is 2.52 bits per heavy atom. The number of benzene rings is 1. The second kappa shape index (κ2) is 7.59. The molecule has 1 aliphatic carbocycles. The molecule has 1 unspecified atom stereocenters. The summed E-state index contributed by atoms with van der Waals surface area (Å²) in [4.78, 5) is 14.2. The molecule has 31 heavy (non-hydrogen) atoms. The minimum absolute atomic E-state index is 0.01000. The predicted octanol–water partition coefficient (Wildman–Crippen LogP) is 6.02. The number of ether oxygens (including phenoxy) is 1. The number of hydrogen-bond acceptors (Lipinski definition) is 5. The smallest absolute Gasteiger partial charge is 0.410 e. The van der Waals surface area contributed by atoms with E-state index in [1.165, 1.54) is 12.1 Å². The average Bonchev–Trinajstić information content (AvgIpc) is 3.27. The minimum Gasteiger partial charge on any atom is -0.444 e. The van der Waals surface area contributed by atoms with Gasteiger partial charge in [-0.2, -0.15) is 8.78 Å². The fourth-order valence-corrected chi connectivity index (χ4v) is 4.53. The van der Waals surface area contributed by atoms with Crippen molar-refractivity contribution in [2.75, 3.05) is 13.1 Å². The zero-order valence-corrected chi connectivity index (χ0v) is 18.9. The van der Waals surface area contributed by atoms with Crippen LogP contribution in [0.3, 0.4) is 0 Å². The van der Waals surface area contributed by atoms with Crippen molar-refractivity contribution in [2.24, 2.45) is 5.41 Å². The van der Waals surface area contributed by atoms with Crippen LogP contribution in [0.4, 0.5) is 13.6 Å². The number of alkyl halides is 2. The van der Waals surface area contributed by atoms with Gasteiger partial charge in [-0.3, -0.25) is 0 Å². The van der Waals surface area contributed by atoms with Crippen LogP contribution in [0.1, 0.15) is 63.3 Å². The molecule has 2 fully saturated rings. The second-order valence-electron chi connectivity index (χ2n) is 9.28. The lowest BCUT2D eigenvalue weighted by Gasteiger charge is -2.41. The lowest BCUT2D eigenvalue weighted by Crippen LogP contribution is -2.39. The Bertz CT molecular complexity index is 1000. The molecule has 1 atom stereocenters. The summed E-state index contributed by atoms with van der Waals surface area (Å²) in [6.07, 6.45) is 2.29. The molecular formula is C21H23Cl2F2N3O3. The van der Waals surface area contributed by atoms with E-state index in [0.29, 0.717) is 6.54 Å². The maximum absolute atomic E-state index is 15.0. The Morgan fingerprint density at radius 2 is 1.94 bits per heavy atom. The van der Waals surface area contributed by atoms with Crippen molar-refractivity contribution in [1.82, 2.24) is 15.1 Å². The van der Waals surface area contributed by atoms with Gasteiger partial charge in [-0.15, -0.1) is 10.2 Å². The van der Waals surface area contributed by atoms with Crippen LogP contribution in [-0.2, 0) is 10.7 Å². The third-order valence-corrected chi connectivity index (χ3v) is 6.68. The number of aromatic nitrogens is 2. The molecule has 1 aromatic carbocycles. The molecule has 4 rings (SSSR count). The molecule has 1 spiro atoms. The average molecular weight is 474 g/mol. The third-order valence-electron chi connectivity index (χ3n) is 5.94. The van der Waals surface area contributed by atoms with E-state index in [9.17, 15) is 13.6 Å². The number of likely N-dealkylation sites (tertiary alicyclic amines) is 1. The molecule has 168 valence electrons. The number of amides is 1. The topological polar surface area (TPSA) is 68.5 Å². The molecule has 1 aromatic heterocycles. The quantitative estimate of drug-likeness (QED) is 0.544. The molecule has 1 aliphatic heterocycles. The number of halogens is 4. The Balaban J connectivity index is 1.59. The van der Waals surface area contributed by atoms with Gasteiger partial charge in [0.2, 0.25) is 5.89 Å². The normalized spacial score (nSPS) is 20.7. The Morgan fingerprint density at radius 1 is 1.23 bits per heavy atom. The molecule has 1 saturated carbocycles. The molecule has 0 N–H and O–H groups in total. The van der Waals surface area contributed by atoms with Gasteiger partial charge in [0.25, 0.3) is 5.89 Å². The molecule has 1 amide bonds. The van der Waals surface area contributed by atoms with Gasteiger partial charge < -0.3 is 14.1 Å². The van der Waals surface area contributed by atoms with Gasteiger partial charge in [0.05, 0.1) is 16.0 Å². The van der Waals surface area contributed by atoms with Crippen LogP contribution in [0, 0.1) is 5.41 Å². The number of carbonyl (C=O) groups is 1. The zero-order chi connectivity index (χ0) is 22.6. The molecule has 1 saturated heterocycles. The van der Waals surface area contributed by atoms with E-state index in [4.69, 9.17) is 32.4 Å². The van der Waals surface area contributed by atoms with Gasteiger partial charge >= 0.3 is 12.0 Å². The van der Waals surface area contributed by atoms with Gasteiger partial charge in [-0.05, 0) is 45.7 Å². The van der Waals surface area contributed by atoms with Crippen LogP contribution in [0.25, 0.3) is 0 Å². The van der Waals surface area contributed by atoms with Gasteiger partial charge in [-0.25, -0.2) is 4.79 Å². The molecular weight excluding hydrogens is 451 g/mol. The first-order valence-corrected chi connectivity index (χ1v) is 10.8. The largest absolute Gasteiger partial charge is 0.444 e. The molecule has 2 aliphatic rings. The SMILES string of the molecule is CC(C)(C)OC(=O)N1CC(c2nnc(C(F)(F)c3ccc(Cl)c(Cl)c3)o2)C2(CCC2)C1. The molecule has 2 heterocycles. The number of rotatable bonds is 3. The number of hydrogen-bond donors (Lipinski definition) is 0. The highest BCUT2D eigenvalue weighted by Crippen LogP contribution is 2.56. The summed E-state index contributed by atoms with van der Waals surface area (Å²) in [5.74, 6) is -4.55. The molecule has 10 heteroatoms. The highest BCUT2D eigenvalue weighted by molar-refractivity contribution is 6.42. The van der Waals surface area contributed by atoms with Crippen LogP contribution in [-0.4, -0.2) is 39.9 Å². The molecule has 6 nitrogen and oxygen atoms in total. The van der Waals surface area contributed by atoms with Crippen molar-refractivity contribution < 1.29 is 22.7 Å². The van der Waals surface area contributed by atoms with E-state index in [0.717, 1.165) is 25.3 Å². The summed E-state index contributed by atoms with van der Waals surface area (Å²) >= 11 is 11.7. The van der Waals surface area contributed by atoms with E-state index < -0.39 is 29.1 Å². The van der Waals surface area contributed by atoms with Crippen molar-refractivity contribution in [3.63, 3.8) is 0 Å². The number of carbonyl (C=O) groups excluding carboxylic acids is 1. The van der Waals surface area contributed by atoms with Crippen molar-refractivity contribution in [2.45, 2.75) is 57.5 Å². The third kappa shape index (κ3) is 4.12. The second-order valence-corrected chi connectivity index (χ2v) is 10.1. The van der Waals surface area contributed by atoms with Crippen molar-refractivity contribution >= 4 is 29.3 Å². The summed E-state index contributed by atoms with van der Waals surface area (Å²) in [6, 6.07) is 3.55. The summed E-state index contributed by atoms with van der Waals surface area (Å²) in [5, 5.41) is 7.76.